The molecule has 0 spiro atoms. The van der Waals surface area contributed by atoms with Gasteiger partial charge in [0.1, 0.15) is 5.60 Å². The summed E-state index contributed by atoms with van der Waals surface area (Å²) in [6, 6.07) is 0. The molecule has 17 heavy (non-hydrogen) atoms. The summed E-state index contributed by atoms with van der Waals surface area (Å²) >= 11 is 2.43. The first-order valence-electron chi connectivity index (χ1n) is 6.46. The molecule has 0 saturated carbocycles. The fourth-order valence-corrected chi connectivity index (χ4v) is 2.54. The Labute approximate surface area is 118 Å². The van der Waals surface area contributed by atoms with Crippen molar-refractivity contribution in [2.45, 2.75) is 52.1 Å². The number of carbonyl (C=O) groups excluding carboxylic acids is 1. The van der Waals surface area contributed by atoms with Gasteiger partial charge in [-0.1, -0.05) is 22.6 Å². The van der Waals surface area contributed by atoms with Gasteiger partial charge in [0.25, 0.3) is 0 Å². The first-order chi connectivity index (χ1) is 7.92. The highest BCUT2D eigenvalue weighted by molar-refractivity contribution is 14.1. The Morgan fingerprint density at radius 3 is 2.41 bits per heavy atom. The van der Waals surface area contributed by atoms with Gasteiger partial charge in [-0.05, 0) is 56.8 Å². The minimum atomic E-state index is -0.380. The summed E-state index contributed by atoms with van der Waals surface area (Å²) in [6.07, 6.45) is 4.74. The Balaban J connectivity index is 2.29. The Bertz CT molecular complexity index is 242. The average molecular weight is 353 g/mol. The minimum absolute atomic E-state index is 0.148. The van der Waals surface area contributed by atoms with Crippen LogP contribution in [0.3, 0.4) is 0 Å². The average Bonchev–Trinajstić information content (AvgIpc) is 2.24. The fourth-order valence-electron chi connectivity index (χ4n) is 2.10. The summed E-state index contributed by atoms with van der Waals surface area (Å²) in [5.41, 5.74) is -0.380. The number of alkyl halides is 1. The van der Waals surface area contributed by atoms with Gasteiger partial charge in [0, 0.05) is 13.1 Å². The molecular formula is C13H24INO2. The van der Waals surface area contributed by atoms with Gasteiger partial charge in [-0.15, -0.1) is 0 Å². The summed E-state index contributed by atoms with van der Waals surface area (Å²) < 4.78 is 6.62. The zero-order chi connectivity index (χ0) is 12.9. The Hall–Kier alpha value is 0. The number of piperidine rings is 1. The number of likely N-dealkylation sites (tertiary alicyclic amines) is 1. The standard InChI is InChI=1S/C13H24INO2/c1-13(2,3)17-12(16)15-9-6-11(7-10-15)5-4-8-14/h11H,4-10H2,1-3H3. The van der Waals surface area contributed by atoms with Crippen LogP contribution in [0.4, 0.5) is 4.79 Å². The molecule has 0 radical (unpaired) electrons. The van der Waals surface area contributed by atoms with Crippen LogP contribution >= 0.6 is 22.6 Å². The second-order valence-corrected chi connectivity index (χ2v) is 6.82. The van der Waals surface area contributed by atoms with E-state index < -0.39 is 0 Å². The maximum absolute atomic E-state index is 11.8. The highest BCUT2D eigenvalue weighted by atomic mass is 127. The zero-order valence-electron chi connectivity index (χ0n) is 11.2. The molecule has 0 aromatic heterocycles. The number of nitrogens with zero attached hydrogens (tertiary/aromatic N) is 1. The number of rotatable bonds is 3. The van der Waals surface area contributed by atoms with Crippen LogP contribution in [-0.4, -0.2) is 34.1 Å². The summed E-state index contributed by atoms with van der Waals surface area (Å²) in [4.78, 5) is 13.7. The van der Waals surface area contributed by atoms with Crippen LogP contribution in [0.2, 0.25) is 0 Å². The summed E-state index contributed by atoms with van der Waals surface area (Å²) in [6.45, 7) is 7.47. The van der Waals surface area contributed by atoms with E-state index in [2.05, 4.69) is 22.6 Å². The predicted molar refractivity (Wildman–Crippen MR) is 78.7 cm³/mol. The van der Waals surface area contributed by atoms with E-state index in [1.807, 2.05) is 25.7 Å². The maximum atomic E-state index is 11.8. The monoisotopic (exact) mass is 353 g/mol. The van der Waals surface area contributed by atoms with Crippen molar-refractivity contribution in [2.75, 3.05) is 17.5 Å². The van der Waals surface area contributed by atoms with Gasteiger partial charge in [0.2, 0.25) is 0 Å². The maximum Gasteiger partial charge on any atom is 0.410 e. The number of amides is 1. The van der Waals surface area contributed by atoms with Gasteiger partial charge >= 0.3 is 6.09 Å². The van der Waals surface area contributed by atoms with E-state index >= 15 is 0 Å². The second kappa shape index (κ2) is 6.81. The number of hydrogen-bond donors (Lipinski definition) is 0. The molecular weight excluding hydrogens is 329 g/mol. The Kier molecular flexibility index (Phi) is 6.03. The molecule has 100 valence electrons. The first kappa shape index (κ1) is 15.1. The third kappa shape index (κ3) is 5.93. The molecule has 1 rings (SSSR count). The molecule has 1 heterocycles. The van der Waals surface area contributed by atoms with Crippen molar-refractivity contribution in [3.05, 3.63) is 0 Å². The summed E-state index contributed by atoms with van der Waals surface area (Å²) in [5.74, 6) is 0.809. The third-order valence-corrected chi connectivity index (χ3v) is 3.78. The van der Waals surface area contributed by atoms with E-state index in [1.54, 1.807) is 0 Å². The van der Waals surface area contributed by atoms with Crippen molar-refractivity contribution in [3.8, 4) is 0 Å². The number of hydrogen-bond acceptors (Lipinski definition) is 2. The van der Waals surface area contributed by atoms with Crippen molar-refractivity contribution in [3.63, 3.8) is 0 Å². The van der Waals surface area contributed by atoms with Crippen molar-refractivity contribution in [1.82, 2.24) is 4.90 Å². The van der Waals surface area contributed by atoms with Gasteiger partial charge in [-0.3, -0.25) is 0 Å². The van der Waals surface area contributed by atoms with Gasteiger partial charge in [0.15, 0.2) is 0 Å². The normalized spacial score (nSPS) is 18.2. The van der Waals surface area contributed by atoms with Crippen LogP contribution in [0.15, 0.2) is 0 Å². The minimum Gasteiger partial charge on any atom is -0.444 e. The SMILES string of the molecule is CC(C)(C)OC(=O)N1CCC(CCCI)CC1. The third-order valence-electron chi connectivity index (χ3n) is 3.01. The van der Waals surface area contributed by atoms with E-state index in [0.29, 0.717) is 0 Å². The summed E-state index contributed by atoms with van der Waals surface area (Å²) in [7, 11) is 0. The van der Waals surface area contributed by atoms with Crippen LogP contribution in [0.5, 0.6) is 0 Å². The lowest BCUT2D eigenvalue weighted by atomic mass is 9.93. The quantitative estimate of drug-likeness (QED) is 0.570. The van der Waals surface area contributed by atoms with Gasteiger partial charge < -0.3 is 9.64 Å². The first-order valence-corrected chi connectivity index (χ1v) is 7.99. The molecule has 1 saturated heterocycles. The molecule has 0 unspecified atom stereocenters. The van der Waals surface area contributed by atoms with E-state index in [-0.39, 0.29) is 11.7 Å². The predicted octanol–water partition coefficient (Wildman–Crippen LogP) is 3.85. The highest BCUT2D eigenvalue weighted by Gasteiger charge is 2.26. The van der Waals surface area contributed by atoms with Crippen LogP contribution in [0.25, 0.3) is 0 Å². The topological polar surface area (TPSA) is 29.5 Å². The lowest BCUT2D eigenvalue weighted by Gasteiger charge is -2.33. The van der Waals surface area contributed by atoms with Crippen LogP contribution in [0, 0.1) is 5.92 Å². The lowest BCUT2D eigenvalue weighted by molar-refractivity contribution is 0.0181. The van der Waals surface area contributed by atoms with Gasteiger partial charge in [-0.25, -0.2) is 4.79 Å². The van der Waals surface area contributed by atoms with Gasteiger partial charge in [-0.2, -0.15) is 0 Å². The largest absolute Gasteiger partial charge is 0.444 e. The molecule has 0 atom stereocenters. The molecule has 0 bridgehead atoms. The summed E-state index contributed by atoms with van der Waals surface area (Å²) in [5, 5.41) is 0. The van der Waals surface area contributed by atoms with Gasteiger partial charge in [0.05, 0.1) is 0 Å². The molecule has 0 aromatic carbocycles. The number of carbonyl (C=O) groups is 1. The van der Waals surface area contributed by atoms with Crippen molar-refractivity contribution in [2.24, 2.45) is 5.92 Å². The second-order valence-electron chi connectivity index (χ2n) is 5.74. The van der Waals surface area contributed by atoms with Crippen molar-refractivity contribution >= 4 is 28.7 Å². The van der Waals surface area contributed by atoms with Crippen LogP contribution in [-0.2, 0) is 4.74 Å². The lowest BCUT2D eigenvalue weighted by Crippen LogP contribution is -2.41. The smallest absolute Gasteiger partial charge is 0.410 e. The molecule has 1 fully saturated rings. The van der Waals surface area contributed by atoms with E-state index in [1.165, 1.54) is 17.3 Å². The zero-order valence-corrected chi connectivity index (χ0v) is 13.3. The number of ether oxygens (including phenoxy) is 1. The Morgan fingerprint density at radius 1 is 1.35 bits per heavy atom. The van der Waals surface area contributed by atoms with E-state index in [0.717, 1.165) is 31.8 Å². The van der Waals surface area contributed by atoms with E-state index in [4.69, 9.17) is 4.74 Å². The molecule has 1 amide bonds. The molecule has 0 N–H and O–H groups in total. The fraction of sp³-hybridized carbons (Fsp3) is 0.923. The molecule has 4 heteroatoms. The Morgan fingerprint density at radius 2 is 1.94 bits per heavy atom. The highest BCUT2D eigenvalue weighted by Crippen LogP contribution is 2.23. The van der Waals surface area contributed by atoms with Crippen LogP contribution < -0.4 is 0 Å². The van der Waals surface area contributed by atoms with Crippen molar-refractivity contribution in [1.29, 1.82) is 0 Å². The molecule has 0 aromatic rings. The van der Waals surface area contributed by atoms with Crippen LogP contribution in [0.1, 0.15) is 46.5 Å². The number of halogens is 1. The van der Waals surface area contributed by atoms with E-state index in [9.17, 15) is 4.79 Å². The molecule has 1 aliphatic heterocycles. The van der Waals surface area contributed by atoms with Crippen molar-refractivity contribution < 1.29 is 9.53 Å². The molecule has 1 aliphatic rings. The molecule has 3 nitrogen and oxygen atoms in total. The molecule has 0 aliphatic carbocycles.